The lowest BCUT2D eigenvalue weighted by molar-refractivity contribution is -0.123. The maximum atomic E-state index is 12.7. The molecule has 1 aliphatic heterocycles. The van der Waals surface area contributed by atoms with Crippen LogP contribution in [0.5, 0.6) is 0 Å². The van der Waals surface area contributed by atoms with E-state index in [2.05, 4.69) is 35.1 Å². The van der Waals surface area contributed by atoms with E-state index in [4.69, 9.17) is 0 Å². The van der Waals surface area contributed by atoms with E-state index in [1.54, 1.807) is 0 Å². The number of hydrogen-bond acceptors (Lipinski definition) is 2. The van der Waals surface area contributed by atoms with Gasteiger partial charge in [-0.1, -0.05) is 22.0 Å². The van der Waals surface area contributed by atoms with Crippen LogP contribution in [0.2, 0.25) is 0 Å². The number of hydrogen-bond donors (Lipinski definition) is 1. The molecule has 1 aromatic carbocycles. The van der Waals surface area contributed by atoms with Crippen molar-refractivity contribution >= 4 is 27.5 Å². The standard InChI is InChI=1S/C15H21BrN2O/c1-11(2)18(14-5-3-4-13(16)10-14)15(19)12-6-8-17-9-7-12/h3-5,10-12,17H,6-9H2,1-2H3. The quantitative estimate of drug-likeness (QED) is 0.926. The highest BCUT2D eigenvalue weighted by Gasteiger charge is 2.28. The van der Waals surface area contributed by atoms with E-state index >= 15 is 0 Å². The van der Waals surface area contributed by atoms with Gasteiger partial charge in [-0.2, -0.15) is 0 Å². The third-order valence-electron chi connectivity index (χ3n) is 3.53. The van der Waals surface area contributed by atoms with Crippen LogP contribution in [0.3, 0.4) is 0 Å². The molecule has 2 rings (SSSR count). The number of benzene rings is 1. The lowest BCUT2D eigenvalue weighted by Gasteiger charge is -2.32. The van der Waals surface area contributed by atoms with Crippen LogP contribution in [0, 0.1) is 5.92 Å². The molecular formula is C15H21BrN2O. The number of nitrogens with zero attached hydrogens (tertiary/aromatic N) is 1. The lowest BCUT2D eigenvalue weighted by atomic mass is 9.95. The Morgan fingerprint density at radius 1 is 1.37 bits per heavy atom. The fourth-order valence-electron chi connectivity index (χ4n) is 2.57. The second-order valence-electron chi connectivity index (χ2n) is 5.31. The molecule has 1 aromatic rings. The molecule has 1 heterocycles. The molecule has 4 heteroatoms. The Labute approximate surface area is 123 Å². The van der Waals surface area contributed by atoms with Gasteiger partial charge in [-0.05, 0) is 58.0 Å². The molecule has 1 saturated heterocycles. The minimum Gasteiger partial charge on any atom is -0.317 e. The molecule has 0 spiro atoms. The molecule has 104 valence electrons. The van der Waals surface area contributed by atoms with E-state index in [0.29, 0.717) is 0 Å². The van der Waals surface area contributed by atoms with Crippen molar-refractivity contribution < 1.29 is 4.79 Å². The molecule has 1 fully saturated rings. The van der Waals surface area contributed by atoms with Crippen molar-refractivity contribution in [1.82, 2.24) is 5.32 Å². The van der Waals surface area contributed by atoms with Gasteiger partial charge >= 0.3 is 0 Å². The first kappa shape index (κ1) is 14.5. The summed E-state index contributed by atoms with van der Waals surface area (Å²) >= 11 is 3.48. The zero-order chi connectivity index (χ0) is 13.8. The Kier molecular flexibility index (Phi) is 4.99. The Morgan fingerprint density at radius 3 is 2.63 bits per heavy atom. The van der Waals surface area contributed by atoms with E-state index in [-0.39, 0.29) is 17.9 Å². The average Bonchev–Trinajstić information content (AvgIpc) is 2.39. The van der Waals surface area contributed by atoms with Crippen LogP contribution >= 0.6 is 15.9 Å². The predicted octanol–water partition coefficient (Wildman–Crippen LogP) is 3.19. The molecule has 0 unspecified atom stereocenters. The van der Waals surface area contributed by atoms with Crippen LogP contribution in [0.4, 0.5) is 5.69 Å². The topological polar surface area (TPSA) is 32.3 Å². The van der Waals surface area contributed by atoms with Crippen LogP contribution in [-0.4, -0.2) is 25.0 Å². The van der Waals surface area contributed by atoms with Gasteiger partial charge in [0, 0.05) is 22.1 Å². The SMILES string of the molecule is CC(C)N(C(=O)C1CCNCC1)c1cccc(Br)c1. The number of piperidine rings is 1. The fourth-order valence-corrected chi connectivity index (χ4v) is 2.96. The summed E-state index contributed by atoms with van der Waals surface area (Å²) in [4.78, 5) is 14.7. The summed E-state index contributed by atoms with van der Waals surface area (Å²) in [5, 5.41) is 3.31. The fraction of sp³-hybridized carbons (Fsp3) is 0.533. The van der Waals surface area contributed by atoms with Gasteiger partial charge in [-0.15, -0.1) is 0 Å². The van der Waals surface area contributed by atoms with Gasteiger partial charge < -0.3 is 10.2 Å². The summed E-state index contributed by atoms with van der Waals surface area (Å²) in [6, 6.07) is 8.15. The van der Waals surface area contributed by atoms with Gasteiger partial charge in [0.25, 0.3) is 0 Å². The number of halogens is 1. The highest BCUT2D eigenvalue weighted by molar-refractivity contribution is 9.10. The monoisotopic (exact) mass is 324 g/mol. The summed E-state index contributed by atoms with van der Waals surface area (Å²) in [5.74, 6) is 0.414. The van der Waals surface area contributed by atoms with Crippen LogP contribution in [0.25, 0.3) is 0 Å². The smallest absolute Gasteiger partial charge is 0.230 e. The van der Waals surface area contributed by atoms with Crippen molar-refractivity contribution in [3.63, 3.8) is 0 Å². The normalized spacial score (nSPS) is 16.6. The third kappa shape index (κ3) is 3.57. The summed E-state index contributed by atoms with van der Waals surface area (Å²) in [6.45, 7) is 6.03. The van der Waals surface area contributed by atoms with Crippen molar-refractivity contribution in [2.45, 2.75) is 32.7 Å². The van der Waals surface area contributed by atoms with Crippen molar-refractivity contribution in [1.29, 1.82) is 0 Å². The Balaban J connectivity index is 2.22. The second-order valence-corrected chi connectivity index (χ2v) is 6.22. The predicted molar refractivity (Wildman–Crippen MR) is 82.4 cm³/mol. The molecule has 1 amide bonds. The average molecular weight is 325 g/mol. The van der Waals surface area contributed by atoms with Crippen molar-refractivity contribution in [2.24, 2.45) is 5.92 Å². The van der Waals surface area contributed by atoms with Gasteiger partial charge in [0.15, 0.2) is 0 Å². The molecular weight excluding hydrogens is 304 g/mol. The zero-order valence-electron chi connectivity index (χ0n) is 11.5. The van der Waals surface area contributed by atoms with Gasteiger partial charge in [0.1, 0.15) is 0 Å². The Hall–Kier alpha value is -0.870. The second kappa shape index (κ2) is 6.53. The Morgan fingerprint density at radius 2 is 2.05 bits per heavy atom. The maximum absolute atomic E-state index is 12.7. The molecule has 1 aliphatic rings. The van der Waals surface area contributed by atoms with Gasteiger partial charge in [0.05, 0.1) is 0 Å². The number of carbonyl (C=O) groups excluding carboxylic acids is 1. The van der Waals surface area contributed by atoms with Crippen molar-refractivity contribution in [3.8, 4) is 0 Å². The van der Waals surface area contributed by atoms with E-state index < -0.39 is 0 Å². The molecule has 0 atom stereocenters. The van der Waals surface area contributed by atoms with Crippen LogP contribution in [0.15, 0.2) is 28.7 Å². The van der Waals surface area contributed by atoms with Crippen molar-refractivity contribution in [2.75, 3.05) is 18.0 Å². The first-order chi connectivity index (χ1) is 9.09. The molecule has 0 aromatic heterocycles. The van der Waals surface area contributed by atoms with Gasteiger partial charge in [0.2, 0.25) is 5.91 Å². The van der Waals surface area contributed by atoms with E-state index in [0.717, 1.165) is 36.1 Å². The summed E-state index contributed by atoms with van der Waals surface area (Å²) in [7, 11) is 0. The molecule has 0 radical (unpaired) electrons. The largest absolute Gasteiger partial charge is 0.317 e. The van der Waals surface area contributed by atoms with Gasteiger partial charge in [-0.3, -0.25) is 4.79 Å². The first-order valence-electron chi connectivity index (χ1n) is 6.89. The van der Waals surface area contributed by atoms with E-state index in [1.807, 2.05) is 29.2 Å². The van der Waals surface area contributed by atoms with Crippen LogP contribution in [0.1, 0.15) is 26.7 Å². The highest BCUT2D eigenvalue weighted by Crippen LogP contribution is 2.25. The maximum Gasteiger partial charge on any atom is 0.230 e. The summed E-state index contributed by atoms with van der Waals surface area (Å²) < 4.78 is 1.01. The first-order valence-corrected chi connectivity index (χ1v) is 7.68. The van der Waals surface area contributed by atoms with Gasteiger partial charge in [-0.25, -0.2) is 0 Å². The minimum absolute atomic E-state index is 0.155. The molecule has 3 nitrogen and oxygen atoms in total. The molecule has 0 aliphatic carbocycles. The van der Waals surface area contributed by atoms with Crippen LogP contribution in [-0.2, 0) is 4.79 Å². The highest BCUT2D eigenvalue weighted by atomic mass is 79.9. The van der Waals surface area contributed by atoms with Crippen molar-refractivity contribution in [3.05, 3.63) is 28.7 Å². The number of anilines is 1. The van der Waals surface area contributed by atoms with E-state index in [9.17, 15) is 4.79 Å². The molecule has 19 heavy (non-hydrogen) atoms. The Bertz CT molecular complexity index is 442. The summed E-state index contributed by atoms with van der Waals surface area (Å²) in [5.41, 5.74) is 0.980. The number of nitrogens with one attached hydrogen (secondary N) is 1. The third-order valence-corrected chi connectivity index (χ3v) is 4.02. The molecule has 0 saturated carbocycles. The molecule has 1 N–H and O–H groups in total. The molecule has 0 bridgehead atoms. The summed E-state index contributed by atoms with van der Waals surface area (Å²) in [6.07, 6.45) is 1.88. The minimum atomic E-state index is 0.155. The number of rotatable bonds is 3. The lowest BCUT2D eigenvalue weighted by Crippen LogP contribution is -2.44. The number of carbonyl (C=O) groups is 1. The van der Waals surface area contributed by atoms with Crippen LogP contribution < -0.4 is 10.2 Å². The number of amides is 1. The zero-order valence-corrected chi connectivity index (χ0v) is 13.1. The van der Waals surface area contributed by atoms with E-state index in [1.165, 1.54) is 0 Å².